The van der Waals surface area contributed by atoms with Crippen molar-refractivity contribution >= 4 is 29.2 Å². The van der Waals surface area contributed by atoms with Crippen molar-refractivity contribution in [1.82, 2.24) is 9.97 Å². The van der Waals surface area contributed by atoms with Gasteiger partial charge in [-0.2, -0.15) is 9.97 Å². The minimum Gasteiger partial charge on any atom is -0.370 e. The lowest BCUT2D eigenvalue weighted by molar-refractivity contribution is 0.872. The topological polar surface area (TPSA) is 75.9 Å². The van der Waals surface area contributed by atoms with E-state index in [1.807, 2.05) is 30.3 Å². The molecule has 2 aromatic rings. The van der Waals surface area contributed by atoms with Crippen molar-refractivity contribution in [3.05, 3.63) is 40.9 Å². The number of nitrogens with two attached hydrogens (primary N) is 1. The summed E-state index contributed by atoms with van der Waals surface area (Å²) < 4.78 is 0. The fourth-order valence-corrected chi connectivity index (χ4v) is 2.07. The van der Waals surface area contributed by atoms with Gasteiger partial charge in [0.1, 0.15) is 11.6 Å². The van der Waals surface area contributed by atoms with Crippen molar-refractivity contribution in [2.75, 3.05) is 22.9 Å². The monoisotopic (exact) mass is 305 g/mol. The predicted molar refractivity (Wildman–Crippen MR) is 88.7 cm³/mol. The summed E-state index contributed by atoms with van der Waals surface area (Å²) in [6, 6.07) is 9.67. The van der Waals surface area contributed by atoms with Gasteiger partial charge < -0.3 is 16.4 Å². The molecule has 0 saturated heterocycles. The number of hydrogen-bond donors (Lipinski definition) is 3. The van der Waals surface area contributed by atoms with E-state index in [1.165, 1.54) is 0 Å². The Bertz CT molecular complexity index is 585. The summed E-state index contributed by atoms with van der Waals surface area (Å²) in [5.74, 6) is 1.68. The first kappa shape index (κ1) is 15.4. The van der Waals surface area contributed by atoms with E-state index >= 15 is 0 Å². The first-order valence-corrected chi connectivity index (χ1v) is 7.36. The molecule has 1 aromatic heterocycles. The van der Waals surface area contributed by atoms with Crippen molar-refractivity contribution in [2.45, 2.75) is 26.3 Å². The van der Waals surface area contributed by atoms with E-state index in [-0.39, 0.29) is 12.0 Å². The molecule has 0 amide bonds. The van der Waals surface area contributed by atoms with Crippen LogP contribution in [0.4, 0.5) is 17.6 Å². The van der Waals surface area contributed by atoms with Crippen LogP contribution in [0.3, 0.4) is 0 Å². The molecule has 4 N–H and O–H groups in total. The van der Waals surface area contributed by atoms with E-state index in [4.69, 9.17) is 17.3 Å². The van der Waals surface area contributed by atoms with Crippen molar-refractivity contribution < 1.29 is 0 Å². The van der Waals surface area contributed by atoms with Gasteiger partial charge in [-0.15, -0.1) is 0 Å². The lowest BCUT2D eigenvalue weighted by Crippen LogP contribution is -2.11. The van der Waals surface area contributed by atoms with Gasteiger partial charge in [-0.1, -0.05) is 30.7 Å². The zero-order valence-corrected chi connectivity index (χ0v) is 13.0. The van der Waals surface area contributed by atoms with Crippen LogP contribution in [0.25, 0.3) is 0 Å². The molecule has 0 spiro atoms. The minimum absolute atomic E-state index is 0.0931. The van der Waals surface area contributed by atoms with E-state index in [9.17, 15) is 0 Å². The summed E-state index contributed by atoms with van der Waals surface area (Å²) in [5, 5.41) is 7.25. The van der Waals surface area contributed by atoms with Gasteiger partial charge in [-0.25, -0.2) is 0 Å². The summed E-state index contributed by atoms with van der Waals surface area (Å²) in [7, 11) is 0. The van der Waals surface area contributed by atoms with Crippen LogP contribution in [-0.2, 0) is 0 Å². The Labute approximate surface area is 129 Å². The molecule has 0 saturated carbocycles. The zero-order chi connectivity index (χ0) is 15.2. The van der Waals surface area contributed by atoms with Crippen molar-refractivity contribution in [3.63, 3.8) is 0 Å². The van der Waals surface area contributed by atoms with Gasteiger partial charge in [0.2, 0.25) is 5.95 Å². The maximum Gasteiger partial charge on any atom is 0.223 e. The molecular weight excluding hydrogens is 286 g/mol. The van der Waals surface area contributed by atoms with E-state index in [2.05, 4.69) is 34.4 Å². The van der Waals surface area contributed by atoms with E-state index in [1.54, 1.807) is 0 Å². The van der Waals surface area contributed by atoms with Crippen molar-refractivity contribution in [3.8, 4) is 0 Å². The average molecular weight is 306 g/mol. The molecule has 6 heteroatoms. The summed E-state index contributed by atoms with van der Waals surface area (Å²) in [4.78, 5) is 8.38. The van der Waals surface area contributed by atoms with Gasteiger partial charge in [-0.05, 0) is 31.0 Å². The number of hydrogen-bond acceptors (Lipinski definition) is 5. The van der Waals surface area contributed by atoms with Crippen LogP contribution in [0.2, 0.25) is 5.02 Å². The lowest BCUT2D eigenvalue weighted by Gasteiger charge is -2.16. The first-order valence-electron chi connectivity index (χ1n) is 6.99. The summed E-state index contributed by atoms with van der Waals surface area (Å²) >= 11 is 5.90. The maximum atomic E-state index is 5.90. The fraction of sp³-hybridized carbons (Fsp3) is 0.333. The number of nitrogen functional groups attached to an aromatic ring is 1. The van der Waals surface area contributed by atoms with E-state index < -0.39 is 0 Å². The molecule has 0 radical (unpaired) electrons. The number of nitrogens with zero attached hydrogens (tertiary/aromatic N) is 2. The standard InChI is InChI=1S/C15H20ClN5/c1-3-8-18-13-9-14(21-15(17)20-13)19-10(2)11-4-6-12(16)7-5-11/h4-7,9-10H,3,8H2,1-2H3,(H4,17,18,19,20,21). The van der Waals surface area contributed by atoms with Gasteiger partial charge in [0.05, 0.1) is 0 Å². The second kappa shape index (κ2) is 7.13. The molecule has 0 aliphatic rings. The second-order valence-corrected chi connectivity index (χ2v) is 5.28. The molecule has 5 nitrogen and oxygen atoms in total. The molecule has 0 aliphatic carbocycles. The average Bonchev–Trinajstić information content (AvgIpc) is 2.45. The molecule has 112 valence electrons. The van der Waals surface area contributed by atoms with Crippen LogP contribution in [-0.4, -0.2) is 16.5 Å². The van der Waals surface area contributed by atoms with Gasteiger partial charge in [0, 0.05) is 23.7 Å². The lowest BCUT2D eigenvalue weighted by atomic mass is 10.1. The van der Waals surface area contributed by atoms with Crippen LogP contribution in [0.5, 0.6) is 0 Å². The Morgan fingerprint density at radius 2 is 1.86 bits per heavy atom. The Morgan fingerprint density at radius 3 is 2.52 bits per heavy atom. The molecule has 1 heterocycles. The first-order chi connectivity index (χ1) is 10.1. The number of anilines is 3. The molecule has 1 aromatic carbocycles. The summed E-state index contributed by atoms with van der Waals surface area (Å²) in [6.45, 7) is 5.00. The molecule has 0 bridgehead atoms. The van der Waals surface area contributed by atoms with Crippen LogP contribution < -0.4 is 16.4 Å². The Morgan fingerprint density at radius 1 is 1.19 bits per heavy atom. The highest BCUT2D eigenvalue weighted by Gasteiger charge is 2.08. The van der Waals surface area contributed by atoms with Crippen LogP contribution >= 0.6 is 11.6 Å². The number of benzene rings is 1. The Kier molecular flexibility index (Phi) is 5.22. The smallest absolute Gasteiger partial charge is 0.223 e. The van der Waals surface area contributed by atoms with Crippen molar-refractivity contribution in [2.24, 2.45) is 0 Å². The third-order valence-electron chi connectivity index (χ3n) is 3.03. The molecule has 1 unspecified atom stereocenters. The fourth-order valence-electron chi connectivity index (χ4n) is 1.94. The van der Waals surface area contributed by atoms with Crippen molar-refractivity contribution in [1.29, 1.82) is 0 Å². The van der Waals surface area contributed by atoms with Gasteiger partial charge in [-0.3, -0.25) is 0 Å². The summed E-state index contributed by atoms with van der Waals surface area (Å²) in [5.41, 5.74) is 6.87. The van der Waals surface area contributed by atoms with Gasteiger partial charge >= 0.3 is 0 Å². The molecular formula is C15H20ClN5. The van der Waals surface area contributed by atoms with Gasteiger partial charge in [0.25, 0.3) is 0 Å². The van der Waals surface area contributed by atoms with Crippen LogP contribution in [0, 0.1) is 0 Å². The molecule has 2 rings (SSSR count). The number of aromatic nitrogens is 2. The van der Waals surface area contributed by atoms with E-state index in [0.717, 1.165) is 29.4 Å². The number of rotatable bonds is 6. The third kappa shape index (κ3) is 4.49. The Hall–Kier alpha value is -2.01. The van der Waals surface area contributed by atoms with E-state index in [0.29, 0.717) is 5.82 Å². The van der Waals surface area contributed by atoms with Crippen LogP contribution in [0.1, 0.15) is 31.9 Å². The zero-order valence-electron chi connectivity index (χ0n) is 12.2. The minimum atomic E-state index is 0.0931. The highest BCUT2D eigenvalue weighted by Crippen LogP contribution is 2.21. The SMILES string of the molecule is CCCNc1cc(NC(C)c2ccc(Cl)cc2)nc(N)n1. The maximum absolute atomic E-state index is 5.90. The summed E-state index contributed by atoms with van der Waals surface area (Å²) in [6.07, 6.45) is 1.02. The molecule has 0 fully saturated rings. The second-order valence-electron chi connectivity index (χ2n) is 4.84. The van der Waals surface area contributed by atoms with Crippen LogP contribution in [0.15, 0.2) is 30.3 Å². The molecule has 0 aliphatic heterocycles. The third-order valence-corrected chi connectivity index (χ3v) is 3.29. The number of nitrogens with one attached hydrogen (secondary N) is 2. The molecule has 21 heavy (non-hydrogen) atoms. The normalized spacial score (nSPS) is 12.0. The van der Waals surface area contributed by atoms with Gasteiger partial charge in [0.15, 0.2) is 0 Å². The Balaban J connectivity index is 2.10. The predicted octanol–water partition coefficient (Wildman–Crippen LogP) is 3.71. The highest BCUT2D eigenvalue weighted by atomic mass is 35.5. The number of halogens is 1. The molecule has 1 atom stereocenters. The quantitative estimate of drug-likeness (QED) is 0.758. The highest BCUT2D eigenvalue weighted by molar-refractivity contribution is 6.30. The largest absolute Gasteiger partial charge is 0.370 e.